The highest BCUT2D eigenvalue weighted by atomic mass is 16.2. The van der Waals surface area contributed by atoms with E-state index in [9.17, 15) is 19.2 Å². The third-order valence-corrected chi connectivity index (χ3v) is 9.16. The molecule has 1 aromatic heterocycles. The number of hydrogen-bond donors (Lipinski definition) is 1. The maximum Gasteiger partial charge on any atom is 0.331 e. The minimum Gasteiger partial charge on any atom is -0.312 e. The minimum atomic E-state index is -1.51. The highest BCUT2D eigenvalue weighted by Crippen LogP contribution is 2.39. The van der Waals surface area contributed by atoms with Gasteiger partial charge in [-0.25, -0.2) is 4.79 Å². The zero-order valence-electron chi connectivity index (χ0n) is 23.2. The summed E-state index contributed by atoms with van der Waals surface area (Å²) in [4.78, 5) is 57.6. The van der Waals surface area contributed by atoms with Crippen LogP contribution in [0.1, 0.15) is 29.2 Å². The molecule has 4 heterocycles. The van der Waals surface area contributed by atoms with E-state index in [4.69, 9.17) is 0 Å². The zero-order valence-corrected chi connectivity index (χ0v) is 23.2. The summed E-state index contributed by atoms with van der Waals surface area (Å²) in [6, 6.07) is 28.0. The summed E-state index contributed by atoms with van der Waals surface area (Å²) in [5.74, 6) is -0.665. The largest absolute Gasteiger partial charge is 0.331 e. The number of pyridine rings is 1. The van der Waals surface area contributed by atoms with Crippen LogP contribution in [0.5, 0.6) is 0 Å². The average Bonchev–Trinajstić information content (AvgIpc) is 2.99. The highest BCUT2D eigenvalue weighted by Gasteiger charge is 2.55. The molecule has 0 spiro atoms. The summed E-state index contributed by atoms with van der Waals surface area (Å²) in [7, 11) is 0. The van der Waals surface area contributed by atoms with Crippen LogP contribution >= 0.6 is 0 Å². The molecule has 3 unspecified atom stereocenters. The Balaban J connectivity index is 1.28. The van der Waals surface area contributed by atoms with Gasteiger partial charge in [0.1, 0.15) is 5.41 Å². The molecule has 8 nitrogen and oxygen atoms in total. The first-order chi connectivity index (χ1) is 20.4. The van der Waals surface area contributed by atoms with E-state index in [1.807, 2.05) is 83.4 Å². The predicted octanol–water partition coefficient (Wildman–Crippen LogP) is 3.93. The normalized spacial score (nSPS) is 24.0. The maximum atomic E-state index is 14.5. The Labute approximate surface area is 243 Å². The summed E-state index contributed by atoms with van der Waals surface area (Å²) >= 11 is 0. The van der Waals surface area contributed by atoms with E-state index < -0.39 is 23.3 Å². The van der Waals surface area contributed by atoms with Crippen LogP contribution in [-0.4, -0.2) is 51.8 Å². The summed E-state index contributed by atoms with van der Waals surface area (Å²) in [5.41, 5.74) is 1.21. The molecule has 4 amide bonds. The van der Waals surface area contributed by atoms with Crippen molar-refractivity contribution in [1.82, 2.24) is 19.7 Å². The van der Waals surface area contributed by atoms with Gasteiger partial charge in [-0.1, -0.05) is 78.9 Å². The molecule has 212 valence electrons. The van der Waals surface area contributed by atoms with E-state index in [0.717, 1.165) is 34.0 Å². The van der Waals surface area contributed by atoms with E-state index in [1.165, 1.54) is 4.90 Å². The number of nitrogens with zero attached hydrogens (tertiary/aromatic N) is 3. The molecule has 3 aliphatic heterocycles. The molecule has 0 aliphatic carbocycles. The molecular formula is C34H32N4O4. The lowest BCUT2D eigenvalue weighted by molar-refractivity contribution is -0.154. The number of imide groups is 2. The number of piperidine rings is 1. The van der Waals surface area contributed by atoms with E-state index in [0.29, 0.717) is 19.6 Å². The van der Waals surface area contributed by atoms with Gasteiger partial charge >= 0.3 is 6.03 Å². The first-order valence-corrected chi connectivity index (χ1v) is 14.5. The number of likely N-dealkylation sites (tertiary alicyclic amines) is 1. The third-order valence-electron chi connectivity index (χ3n) is 9.16. The van der Waals surface area contributed by atoms with Gasteiger partial charge in [0.15, 0.2) is 0 Å². The molecular weight excluding hydrogens is 528 g/mol. The van der Waals surface area contributed by atoms with Crippen molar-refractivity contribution in [2.75, 3.05) is 19.6 Å². The van der Waals surface area contributed by atoms with Crippen LogP contribution in [0, 0.1) is 11.3 Å². The third kappa shape index (κ3) is 4.52. The number of carbonyl (C=O) groups excluding carboxylic acids is 3. The van der Waals surface area contributed by atoms with Crippen LogP contribution in [0.3, 0.4) is 0 Å². The molecule has 3 aromatic carbocycles. The van der Waals surface area contributed by atoms with Gasteiger partial charge in [0.05, 0.1) is 6.54 Å². The topological polar surface area (TPSA) is 91.7 Å². The fraction of sp³-hybridized carbons (Fsp3) is 0.294. The number of amides is 4. The molecule has 0 saturated carbocycles. The second-order valence-electron chi connectivity index (χ2n) is 11.9. The van der Waals surface area contributed by atoms with Crippen LogP contribution in [0.25, 0.3) is 10.8 Å². The number of fused-ring (bicyclic) bond motifs is 5. The smallest absolute Gasteiger partial charge is 0.312 e. The molecule has 3 aliphatic rings. The van der Waals surface area contributed by atoms with Gasteiger partial charge in [-0.2, -0.15) is 0 Å². The van der Waals surface area contributed by atoms with Crippen LogP contribution < -0.4 is 10.9 Å². The number of hydrogen-bond acceptors (Lipinski definition) is 5. The van der Waals surface area contributed by atoms with E-state index in [1.54, 1.807) is 12.1 Å². The lowest BCUT2D eigenvalue weighted by Gasteiger charge is -2.47. The molecule has 0 radical (unpaired) electrons. The predicted molar refractivity (Wildman–Crippen MR) is 159 cm³/mol. The molecule has 2 bridgehead atoms. The molecule has 8 heteroatoms. The van der Waals surface area contributed by atoms with Crippen molar-refractivity contribution >= 4 is 28.6 Å². The number of nitrogens with one attached hydrogen (secondary N) is 1. The maximum absolute atomic E-state index is 14.5. The van der Waals surface area contributed by atoms with Gasteiger partial charge < -0.3 is 9.47 Å². The van der Waals surface area contributed by atoms with Crippen LogP contribution in [0.4, 0.5) is 4.79 Å². The van der Waals surface area contributed by atoms with E-state index >= 15 is 0 Å². The second-order valence-corrected chi connectivity index (χ2v) is 11.9. The van der Waals surface area contributed by atoms with Crippen LogP contribution in [0.2, 0.25) is 0 Å². The first kappa shape index (κ1) is 26.3. The Morgan fingerprint density at radius 2 is 1.55 bits per heavy atom. The highest BCUT2D eigenvalue weighted by molar-refractivity contribution is 6.19. The minimum absolute atomic E-state index is 0.0139. The van der Waals surface area contributed by atoms with Crippen molar-refractivity contribution < 1.29 is 14.4 Å². The van der Waals surface area contributed by atoms with Crippen molar-refractivity contribution in [3.63, 3.8) is 0 Å². The Bertz CT molecular complexity index is 1760. The number of carbonyl (C=O) groups is 3. The van der Waals surface area contributed by atoms with Gasteiger partial charge in [0.2, 0.25) is 11.8 Å². The average molecular weight is 561 g/mol. The molecule has 42 heavy (non-hydrogen) atoms. The van der Waals surface area contributed by atoms with Crippen LogP contribution in [0.15, 0.2) is 95.8 Å². The summed E-state index contributed by atoms with van der Waals surface area (Å²) in [5, 5.41) is 4.57. The number of urea groups is 1. The van der Waals surface area contributed by atoms with Crippen molar-refractivity contribution in [2.45, 2.75) is 31.8 Å². The molecule has 3 atom stereocenters. The van der Waals surface area contributed by atoms with Crippen molar-refractivity contribution in [3.8, 4) is 0 Å². The van der Waals surface area contributed by atoms with E-state index in [-0.39, 0.29) is 36.9 Å². The molecule has 1 N–H and O–H groups in total. The van der Waals surface area contributed by atoms with Gasteiger partial charge in [0.25, 0.3) is 5.56 Å². The Kier molecular flexibility index (Phi) is 6.50. The first-order valence-electron chi connectivity index (χ1n) is 14.5. The monoisotopic (exact) mass is 560 g/mol. The summed E-state index contributed by atoms with van der Waals surface area (Å²) in [6.45, 7) is 2.18. The van der Waals surface area contributed by atoms with Gasteiger partial charge in [-0.15, -0.1) is 0 Å². The standard InChI is InChI=1S/C34H32N4O4/c39-30-15-7-14-29-27-16-24(20-37(29)30)18-36(21-27)22-34(17-26-12-6-11-25-10-4-5-13-28(25)26)31(40)35-33(42)38(32(34)41)19-23-8-2-1-3-9-23/h1-15,24,27H,16-22H2,(H,35,40,42). The van der Waals surface area contributed by atoms with Crippen molar-refractivity contribution in [3.05, 3.63) is 118 Å². The SMILES string of the molecule is O=C1NC(=O)C(Cc2cccc3ccccc23)(CN2CC3CC(C2)c2cccc(=O)n2C3)C(=O)N1Cc1ccccc1. The van der Waals surface area contributed by atoms with Gasteiger partial charge in [-0.3, -0.25) is 24.6 Å². The number of benzene rings is 3. The fourth-order valence-electron chi connectivity index (χ4n) is 7.27. The Hall–Kier alpha value is -4.56. The molecule has 4 aromatic rings. The number of rotatable bonds is 6. The van der Waals surface area contributed by atoms with Crippen molar-refractivity contribution in [2.24, 2.45) is 11.3 Å². The number of barbiturate groups is 1. The lowest BCUT2D eigenvalue weighted by atomic mass is 9.75. The second kappa shape index (κ2) is 10.4. The fourth-order valence-corrected chi connectivity index (χ4v) is 7.27. The summed E-state index contributed by atoms with van der Waals surface area (Å²) in [6.07, 6.45) is 1.13. The van der Waals surface area contributed by atoms with Crippen LogP contribution in [-0.2, 0) is 29.1 Å². The molecule has 7 rings (SSSR count). The Morgan fingerprint density at radius 3 is 2.40 bits per heavy atom. The lowest BCUT2D eigenvalue weighted by Crippen LogP contribution is -2.67. The Morgan fingerprint density at radius 1 is 0.786 bits per heavy atom. The summed E-state index contributed by atoms with van der Waals surface area (Å²) < 4.78 is 1.88. The number of aromatic nitrogens is 1. The zero-order chi connectivity index (χ0) is 28.8. The van der Waals surface area contributed by atoms with Gasteiger partial charge in [-0.05, 0) is 46.7 Å². The quantitative estimate of drug-likeness (QED) is 0.361. The van der Waals surface area contributed by atoms with Crippen molar-refractivity contribution in [1.29, 1.82) is 0 Å². The van der Waals surface area contributed by atoms with E-state index in [2.05, 4.69) is 10.2 Å². The molecule has 2 saturated heterocycles. The molecule has 2 fully saturated rings. The van der Waals surface area contributed by atoms with Gasteiger partial charge in [0, 0.05) is 43.9 Å².